The van der Waals surface area contributed by atoms with E-state index in [-0.39, 0.29) is 5.56 Å². The number of aliphatic hydroxyl groups excluding tert-OH is 1. The Labute approximate surface area is 105 Å². The topological polar surface area (TPSA) is 55.5 Å². The van der Waals surface area contributed by atoms with Crippen molar-refractivity contribution in [1.29, 1.82) is 0 Å². The van der Waals surface area contributed by atoms with Crippen molar-refractivity contribution in [3.8, 4) is 5.75 Å². The molecule has 0 aromatic heterocycles. The fourth-order valence-electron chi connectivity index (χ4n) is 1.28. The third-order valence-electron chi connectivity index (χ3n) is 2.24. The maximum atomic E-state index is 12.3. The Kier molecular flexibility index (Phi) is 4.40. The van der Waals surface area contributed by atoms with Gasteiger partial charge in [0.2, 0.25) is 0 Å². The molecule has 0 heterocycles. The Morgan fingerprint density at radius 2 is 2.00 bits per heavy atom. The van der Waals surface area contributed by atoms with Crippen LogP contribution in [-0.2, 0) is 0 Å². The molecule has 0 spiro atoms. The third kappa shape index (κ3) is 3.34. The second kappa shape index (κ2) is 5.24. The van der Waals surface area contributed by atoms with Gasteiger partial charge < -0.3 is 15.6 Å². The molecular weight excluding hydrogens is 303 g/mol. The molecule has 0 aliphatic carbocycles. The third-order valence-corrected chi connectivity index (χ3v) is 2.86. The first kappa shape index (κ1) is 14.3. The van der Waals surface area contributed by atoms with Crippen LogP contribution in [0.5, 0.6) is 5.75 Å². The van der Waals surface area contributed by atoms with E-state index < -0.39 is 18.3 Å². The predicted octanol–water partition coefficient (Wildman–Crippen LogP) is 2.38. The minimum Gasteiger partial charge on any atom is -0.496 e. The standard InChI is InChI=1S/C10H11BrF3NO2/c1-17-7-3-2-5(4-6(7)11)8(15)9(16)10(12,13)14/h2-4,8-9,16H,15H2,1H3/t8-,9-/m1/s1. The van der Waals surface area contributed by atoms with Crippen LogP contribution in [0.25, 0.3) is 0 Å². The highest BCUT2D eigenvalue weighted by atomic mass is 79.9. The first-order valence-corrected chi connectivity index (χ1v) is 5.40. The number of nitrogens with two attached hydrogens (primary N) is 1. The molecule has 0 aliphatic heterocycles. The molecule has 1 aromatic carbocycles. The normalized spacial score (nSPS) is 15.5. The number of methoxy groups -OCH3 is 1. The highest BCUT2D eigenvalue weighted by Gasteiger charge is 2.42. The number of hydrogen-bond donors (Lipinski definition) is 2. The zero-order valence-corrected chi connectivity index (χ0v) is 10.4. The van der Waals surface area contributed by atoms with E-state index in [9.17, 15) is 13.2 Å². The Hall–Kier alpha value is -0.790. The molecule has 7 heteroatoms. The van der Waals surface area contributed by atoms with Gasteiger partial charge in [-0.25, -0.2) is 0 Å². The molecule has 0 saturated heterocycles. The molecule has 1 aromatic rings. The molecule has 0 unspecified atom stereocenters. The molecule has 0 bridgehead atoms. The van der Waals surface area contributed by atoms with E-state index in [0.29, 0.717) is 10.2 Å². The molecule has 0 amide bonds. The van der Waals surface area contributed by atoms with E-state index >= 15 is 0 Å². The van der Waals surface area contributed by atoms with E-state index in [1.54, 1.807) is 0 Å². The predicted molar refractivity (Wildman–Crippen MR) is 59.7 cm³/mol. The number of rotatable bonds is 3. The lowest BCUT2D eigenvalue weighted by Crippen LogP contribution is -2.38. The Bertz CT molecular complexity index is 398. The number of benzene rings is 1. The van der Waals surface area contributed by atoms with Gasteiger partial charge in [0, 0.05) is 0 Å². The molecule has 0 radical (unpaired) electrons. The molecule has 0 saturated carbocycles. The van der Waals surface area contributed by atoms with Gasteiger partial charge in [0.05, 0.1) is 17.6 Å². The molecule has 0 fully saturated rings. The molecule has 1 rings (SSSR count). The van der Waals surface area contributed by atoms with Gasteiger partial charge in [-0.1, -0.05) is 6.07 Å². The second-order valence-electron chi connectivity index (χ2n) is 3.41. The van der Waals surface area contributed by atoms with Crippen LogP contribution in [0.3, 0.4) is 0 Å². The minimum absolute atomic E-state index is 0.169. The van der Waals surface area contributed by atoms with Gasteiger partial charge in [0.25, 0.3) is 0 Å². The fourth-order valence-corrected chi connectivity index (χ4v) is 1.83. The summed E-state index contributed by atoms with van der Waals surface area (Å²) < 4.78 is 42.2. The molecule has 0 aliphatic rings. The van der Waals surface area contributed by atoms with Crippen LogP contribution in [0.4, 0.5) is 13.2 Å². The van der Waals surface area contributed by atoms with Crippen molar-refractivity contribution in [2.75, 3.05) is 7.11 Å². The summed E-state index contributed by atoms with van der Waals surface area (Å²) in [4.78, 5) is 0. The van der Waals surface area contributed by atoms with Crippen molar-refractivity contribution in [2.45, 2.75) is 18.3 Å². The Morgan fingerprint density at radius 3 is 2.41 bits per heavy atom. The number of alkyl halides is 3. The lowest BCUT2D eigenvalue weighted by molar-refractivity contribution is -0.210. The molecule has 96 valence electrons. The summed E-state index contributed by atoms with van der Waals surface area (Å²) in [5, 5.41) is 9.03. The summed E-state index contributed by atoms with van der Waals surface area (Å²) >= 11 is 3.13. The highest BCUT2D eigenvalue weighted by Crippen LogP contribution is 2.32. The molecule has 2 atom stereocenters. The average Bonchev–Trinajstić information content (AvgIpc) is 2.25. The summed E-state index contributed by atoms with van der Waals surface area (Å²) in [6.07, 6.45) is -7.34. The quantitative estimate of drug-likeness (QED) is 0.901. The van der Waals surface area contributed by atoms with Gasteiger partial charge in [-0.3, -0.25) is 0 Å². The number of ether oxygens (including phenoxy) is 1. The van der Waals surface area contributed by atoms with E-state index in [4.69, 9.17) is 15.6 Å². The van der Waals surface area contributed by atoms with Gasteiger partial charge in [-0.15, -0.1) is 0 Å². The van der Waals surface area contributed by atoms with Crippen molar-refractivity contribution in [2.24, 2.45) is 5.73 Å². The fraction of sp³-hybridized carbons (Fsp3) is 0.400. The lowest BCUT2D eigenvalue weighted by Gasteiger charge is -2.22. The van der Waals surface area contributed by atoms with Crippen molar-refractivity contribution < 1.29 is 23.0 Å². The van der Waals surface area contributed by atoms with Gasteiger partial charge in [-0.05, 0) is 33.6 Å². The van der Waals surface area contributed by atoms with E-state index in [1.807, 2.05) is 0 Å². The second-order valence-corrected chi connectivity index (χ2v) is 4.26. The minimum atomic E-state index is -4.74. The van der Waals surface area contributed by atoms with Crippen molar-refractivity contribution >= 4 is 15.9 Å². The summed E-state index contributed by atoms with van der Waals surface area (Å²) in [6.45, 7) is 0. The largest absolute Gasteiger partial charge is 0.496 e. The monoisotopic (exact) mass is 313 g/mol. The van der Waals surface area contributed by atoms with Crippen molar-refractivity contribution in [1.82, 2.24) is 0 Å². The molecule has 3 N–H and O–H groups in total. The van der Waals surface area contributed by atoms with Crippen LogP contribution >= 0.6 is 15.9 Å². The Balaban J connectivity index is 2.97. The first-order chi connectivity index (χ1) is 7.77. The summed E-state index contributed by atoms with van der Waals surface area (Å²) in [5.41, 5.74) is 5.52. The van der Waals surface area contributed by atoms with Gasteiger partial charge in [-0.2, -0.15) is 13.2 Å². The number of halogens is 4. The summed E-state index contributed by atoms with van der Waals surface area (Å²) in [5.74, 6) is 0.474. The van der Waals surface area contributed by atoms with Gasteiger partial charge >= 0.3 is 6.18 Å². The van der Waals surface area contributed by atoms with Gasteiger partial charge in [0.1, 0.15) is 5.75 Å². The van der Waals surface area contributed by atoms with Crippen LogP contribution in [0, 0.1) is 0 Å². The summed E-state index contributed by atoms with van der Waals surface area (Å²) in [6, 6.07) is 2.71. The van der Waals surface area contributed by atoms with E-state index in [1.165, 1.54) is 25.3 Å². The maximum absolute atomic E-state index is 12.3. The molecular formula is C10H11BrF3NO2. The lowest BCUT2D eigenvalue weighted by atomic mass is 10.0. The van der Waals surface area contributed by atoms with Crippen LogP contribution in [0.1, 0.15) is 11.6 Å². The zero-order valence-electron chi connectivity index (χ0n) is 8.83. The average molecular weight is 314 g/mol. The van der Waals surface area contributed by atoms with Crippen LogP contribution in [-0.4, -0.2) is 24.5 Å². The molecule has 3 nitrogen and oxygen atoms in total. The SMILES string of the molecule is COc1ccc([C@@H](N)[C@@H](O)C(F)(F)F)cc1Br. The number of hydrogen-bond acceptors (Lipinski definition) is 3. The van der Waals surface area contributed by atoms with Crippen LogP contribution in [0.2, 0.25) is 0 Å². The smallest absolute Gasteiger partial charge is 0.416 e. The van der Waals surface area contributed by atoms with Crippen molar-refractivity contribution in [3.63, 3.8) is 0 Å². The molecule has 17 heavy (non-hydrogen) atoms. The maximum Gasteiger partial charge on any atom is 0.416 e. The highest BCUT2D eigenvalue weighted by molar-refractivity contribution is 9.10. The van der Waals surface area contributed by atoms with Crippen LogP contribution in [0.15, 0.2) is 22.7 Å². The van der Waals surface area contributed by atoms with E-state index in [0.717, 1.165) is 0 Å². The van der Waals surface area contributed by atoms with E-state index in [2.05, 4.69) is 15.9 Å². The van der Waals surface area contributed by atoms with Crippen molar-refractivity contribution in [3.05, 3.63) is 28.2 Å². The zero-order chi connectivity index (χ0) is 13.2. The summed E-state index contributed by atoms with van der Waals surface area (Å²) in [7, 11) is 1.43. The number of aliphatic hydroxyl groups is 1. The first-order valence-electron chi connectivity index (χ1n) is 4.61. The Morgan fingerprint density at radius 1 is 1.41 bits per heavy atom. The van der Waals surface area contributed by atoms with Gasteiger partial charge in [0.15, 0.2) is 6.10 Å². The van der Waals surface area contributed by atoms with Crippen LogP contribution < -0.4 is 10.5 Å².